The molecular weight excluding hydrogens is 275 g/mol. The molecule has 0 saturated heterocycles. The number of hydrogen-bond acceptors (Lipinski definition) is 4. The molecule has 0 aliphatic carbocycles. The standard InChI is InChI=1S/C15H15FN2O3/c1-10-7-12(16)3-6-15(10)21-9-11-8-13(18(19)20)4-5-14(11)17-2/h3-8,17H,9H2,1-2H3. The van der Waals surface area contributed by atoms with Gasteiger partial charge in [-0.3, -0.25) is 10.1 Å². The Kier molecular flexibility index (Phi) is 4.37. The molecule has 0 aliphatic rings. The molecule has 0 aromatic heterocycles. The van der Waals surface area contributed by atoms with E-state index in [1.807, 2.05) is 0 Å². The Balaban J connectivity index is 2.22. The van der Waals surface area contributed by atoms with Gasteiger partial charge in [-0.15, -0.1) is 0 Å². The Labute approximate surface area is 121 Å². The average molecular weight is 290 g/mol. The molecular formula is C15H15FN2O3. The summed E-state index contributed by atoms with van der Waals surface area (Å²) >= 11 is 0. The van der Waals surface area contributed by atoms with Gasteiger partial charge in [-0.25, -0.2) is 4.39 Å². The van der Waals surface area contributed by atoms with E-state index in [4.69, 9.17) is 4.74 Å². The quantitative estimate of drug-likeness (QED) is 0.674. The summed E-state index contributed by atoms with van der Waals surface area (Å²) in [5.41, 5.74) is 2.09. The fourth-order valence-corrected chi connectivity index (χ4v) is 1.99. The molecule has 21 heavy (non-hydrogen) atoms. The third-order valence-corrected chi connectivity index (χ3v) is 3.09. The zero-order valence-electron chi connectivity index (χ0n) is 11.7. The highest BCUT2D eigenvalue weighted by Crippen LogP contribution is 2.25. The number of aryl methyl sites for hydroxylation is 1. The Bertz CT molecular complexity index is 674. The maximum atomic E-state index is 13.0. The molecule has 0 bridgehead atoms. The number of benzene rings is 2. The van der Waals surface area contributed by atoms with Crippen molar-refractivity contribution in [2.24, 2.45) is 0 Å². The van der Waals surface area contributed by atoms with Crippen LogP contribution in [0.1, 0.15) is 11.1 Å². The first-order valence-electron chi connectivity index (χ1n) is 6.35. The summed E-state index contributed by atoms with van der Waals surface area (Å²) in [5, 5.41) is 13.8. The Morgan fingerprint density at radius 2 is 2.05 bits per heavy atom. The molecule has 1 N–H and O–H groups in total. The second-order valence-corrected chi connectivity index (χ2v) is 4.55. The third kappa shape index (κ3) is 3.47. The lowest BCUT2D eigenvalue weighted by Crippen LogP contribution is -2.03. The molecule has 0 fully saturated rings. The van der Waals surface area contributed by atoms with Crippen LogP contribution in [0.2, 0.25) is 0 Å². The van der Waals surface area contributed by atoms with Crippen molar-refractivity contribution in [1.29, 1.82) is 0 Å². The van der Waals surface area contributed by atoms with E-state index in [-0.39, 0.29) is 18.1 Å². The molecule has 110 valence electrons. The van der Waals surface area contributed by atoms with Crippen LogP contribution in [0.15, 0.2) is 36.4 Å². The lowest BCUT2D eigenvalue weighted by Gasteiger charge is -2.12. The van der Waals surface area contributed by atoms with Gasteiger partial charge in [0.1, 0.15) is 18.2 Å². The van der Waals surface area contributed by atoms with Gasteiger partial charge >= 0.3 is 0 Å². The van der Waals surface area contributed by atoms with Crippen LogP contribution in [0, 0.1) is 22.9 Å². The molecule has 0 atom stereocenters. The minimum Gasteiger partial charge on any atom is -0.489 e. The first-order valence-corrected chi connectivity index (χ1v) is 6.35. The highest BCUT2D eigenvalue weighted by molar-refractivity contribution is 5.55. The second kappa shape index (κ2) is 6.21. The molecule has 2 aromatic rings. The first-order chi connectivity index (χ1) is 10.0. The van der Waals surface area contributed by atoms with Crippen LogP contribution in [0.3, 0.4) is 0 Å². The minimum absolute atomic E-state index is 0.00317. The fourth-order valence-electron chi connectivity index (χ4n) is 1.99. The van der Waals surface area contributed by atoms with Gasteiger partial charge in [0.05, 0.1) is 4.92 Å². The van der Waals surface area contributed by atoms with Crippen molar-refractivity contribution in [2.45, 2.75) is 13.5 Å². The van der Waals surface area contributed by atoms with E-state index in [0.717, 1.165) is 5.69 Å². The van der Waals surface area contributed by atoms with Crippen LogP contribution < -0.4 is 10.1 Å². The molecule has 0 saturated carbocycles. The molecule has 2 rings (SSSR count). The second-order valence-electron chi connectivity index (χ2n) is 4.55. The van der Waals surface area contributed by atoms with Crippen LogP contribution in [-0.2, 0) is 6.61 Å². The van der Waals surface area contributed by atoms with Crippen molar-refractivity contribution in [3.05, 3.63) is 63.5 Å². The fraction of sp³-hybridized carbons (Fsp3) is 0.200. The van der Waals surface area contributed by atoms with Crippen LogP contribution in [-0.4, -0.2) is 12.0 Å². The SMILES string of the molecule is CNc1ccc([N+](=O)[O-])cc1COc1ccc(F)cc1C. The van der Waals surface area contributed by atoms with Gasteiger partial charge in [-0.2, -0.15) is 0 Å². The van der Waals surface area contributed by atoms with Gasteiger partial charge in [0.25, 0.3) is 5.69 Å². The maximum Gasteiger partial charge on any atom is 0.269 e. The monoisotopic (exact) mass is 290 g/mol. The Morgan fingerprint density at radius 3 is 2.67 bits per heavy atom. The highest BCUT2D eigenvalue weighted by Gasteiger charge is 2.11. The van der Waals surface area contributed by atoms with Crippen molar-refractivity contribution >= 4 is 11.4 Å². The third-order valence-electron chi connectivity index (χ3n) is 3.09. The zero-order valence-corrected chi connectivity index (χ0v) is 11.7. The summed E-state index contributed by atoms with van der Waals surface area (Å²) in [7, 11) is 1.73. The summed E-state index contributed by atoms with van der Waals surface area (Å²) in [6.45, 7) is 1.90. The molecule has 6 heteroatoms. The number of non-ortho nitro benzene ring substituents is 1. The number of rotatable bonds is 5. The van der Waals surface area contributed by atoms with E-state index in [9.17, 15) is 14.5 Å². The maximum absolute atomic E-state index is 13.0. The van der Waals surface area contributed by atoms with E-state index in [2.05, 4.69) is 5.32 Å². The van der Waals surface area contributed by atoms with Gasteiger partial charge < -0.3 is 10.1 Å². The molecule has 0 unspecified atom stereocenters. The number of nitro groups is 1. The number of halogens is 1. The largest absolute Gasteiger partial charge is 0.489 e. The van der Waals surface area contributed by atoms with Crippen molar-refractivity contribution in [2.75, 3.05) is 12.4 Å². The summed E-state index contributed by atoms with van der Waals surface area (Å²) in [6.07, 6.45) is 0. The van der Waals surface area contributed by atoms with Crippen molar-refractivity contribution in [1.82, 2.24) is 0 Å². The van der Waals surface area contributed by atoms with Gasteiger partial charge in [-0.1, -0.05) is 0 Å². The van der Waals surface area contributed by atoms with Gasteiger partial charge in [0.2, 0.25) is 0 Å². The molecule has 0 aliphatic heterocycles. The Morgan fingerprint density at radius 1 is 1.29 bits per heavy atom. The molecule has 0 amide bonds. The van der Waals surface area contributed by atoms with Crippen LogP contribution in [0.25, 0.3) is 0 Å². The van der Waals surface area contributed by atoms with E-state index in [1.165, 1.54) is 24.3 Å². The topological polar surface area (TPSA) is 64.4 Å². The summed E-state index contributed by atoms with van der Waals surface area (Å²) < 4.78 is 18.7. The number of nitro benzene ring substituents is 1. The van der Waals surface area contributed by atoms with Crippen LogP contribution >= 0.6 is 0 Å². The molecule has 0 radical (unpaired) electrons. The molecule has 5 nitrogen and oxygen atoms in total. The summed E-state index contributed by atoms with van der Waals surface area (Å²) in [5.74, 6) is 0.219. The Hall–Kier alpha value is -2.63. The van der Waals surface area contributed by atoms with E-state index >= 15 is 0 Å². The predicted octanol–water partition coefficient (Wildman–Crippen LogP) is 3.66. The minimum atomic E-state index is -0.452. The molecule has 0 heterocycles. The number of hydrogen-bond donors (Lipinski definition) is 1. The molecule has 0 spiro atoms. The summed E-state index contributed by atoms with van der Waals surface area (Å²) in [6, 6.07) is 8.76. The summed E-state index contributed by atoms with van der Waals surface area (Å²) in [4.78, 5) is 10.4. The number of nitrogens with zero attached hydrogens (tertiary/aromatic N) is 1. The van der Waals surface area contributed by atoms with Crippen LogP contribution in [0.4, 0.5) is 15.8 Å². The average Bonchev–Trinajstić information content (AvgIpc) is 2.46. The zero-order chi connectivity index (χ0) is 15.4. The number of ether oxygens (including phenoxy) is 1. The van der Waals surface area contributed by atoms with Crippen molar-refractivity contribution < 1.29 is 14.1 Å². The lowest BCUT2D eigenvalue weighted by molar-refractivity contribution is -0.384. The van der Waals surface area contributed by atoms with Crippen molar-refractivity contribution in [3.8, 4) is 5.75 Å². The number of anilines is 1. The van der Waals surface area contributed by atoms with Gasteiger partial charge in [-0.05, 0) is 36.8 Å². The predicted molar refractivity (Wildman–Crippen MR) is 78.1 cm³/mol. The normalized spacial score (nSPS) is 10.2. The van der Waals surface area contributed by atoms with Gasteiger partial charge in [0.15, 0.2) is 0 Å². The van der Waals surface area contributed by atoms with Gasteiger partial charge in [0, 0.05) is 30.4 Å². The molecule has 2 aromatic carbocycles. The highest BCUT2D eigenvalue weighted by atomic mass is 19.1. The van der Waals surface area contributed by atoms with Crippen molar-refractivity contribution in [3.63, 3.8) is 0 Å². The van der Waals surface area contributed by atoms with E-state index in [1.54, 1.807) is 26.1 Å². The smallest absolute Gasteiger partial charge is 0.269 e. The van der Waals surface area contributed by atoms with E-state index < -0.39 is 4.92 Å². The van der Waals surface area contributed by atoms with E-state index in [0.29, 0.717) is 16.9 Å². The lowest BCUT2D eigenvalue weighted by atomic mass is 10.1. The first kappa shape index (κ1) is 14.8. The number of nitrogens with one attached hydrogen (secondary N) is 1. The van der Waals surface area contributed by atoms with Crippen LogP contribution in [0.5, 0.6) is 5.75 Å².